The minimum atomic E-state index is -2.01. The Morgan fingerprint density at radius 1 is 1.25 bits per heavy atom. The minimum Gasteiger partial charge on any atom is -0.493 e. The minimum absolute atomic E-state index is 0.0668. The first-order chi connectivity index (χ1) is 15.2. The number of methoxy groups -OCH3 is 2. The average molecular weight is 447 g/mol. The fourth-order valence-corrected chi connectivity index (χ4v) is 3.34. The third-order valence-electron chi connectivity index (χ3n) is 5.13. The summed E-state index contributed by atoms with van der Waals surface area (Å²) < 4.78 is 39.7. The van der Waals surface area contributed by atoms with Gasteiger partial charge in [-0.1, -0.05) is 6.07 Å². The topological polar surface area (TPSA) is 125 Å². The van der Waals surface area contributed by atoms with Gasteiger partial charge in [0, 0.05) is 23.4 Å². The Labute approximate surface area is 182 Å². The first kappa shape index (κ1) is 22.9. The van der Waals surface area contributed by atoms with Crippen molar-refractivity contribution in [1.29, 1.82) is 0 Å². The molecule has 2 atom stereocenters. The maximum absolute atomic E-state index is 14.6. The van der Waals surface area contributed by atoms with E-state index in [0.717, 1.165) is 12.1 Å². The van der Waals surface area contributed by atoms with Crippen molar-refractivity contribution < 1.29 is 28.2 Å². The summed E-state index contributed by atoms with van der Waals surface area (Å²) in [6.45, 7) is 1.22. The molecule has 0 spiro atoms. The van der Waals surface area contributed by atoms with Crippen LogP contribution in [-0.2, 0) is 12.1 Å². The molecule has 3 rings (SSSR count). The van der Waals surface area contributed by atoms with Gasteiger partial charge in [0.1, 0.15) is 29.9 Å². The van der Waals surface area contributed by atoms with Gasteiger partial charge in [-0.15, -0.1) is 0 Å². The summed E-state index contributed by atoms with van der Waals surface area (Å²) in [6.07, 6.45) is 2.57. The molecule has 0 aliphatic carbocycles. The normalized spacial score (nSPS) is 13.8. The quantitative estimate of drug-likeness (QED) is 0.450. The lowest BCUT2D eigenvalue weighted by atomic mass is 9.86. The van der Waals surface area contributed by atoms with Crippen LogP contribution in [0, 0.1) is 11.6 Å². The Balaban J connectivity index is 1.97. The van der Waals surface area contributed by atoms with Crippen LogP contribution in [-0.4, -0.2) is 46.0 Å². The van der Waals surface area contributed by atoms with Gasteiger partial charge >= 0.3 is 0 Å². The van der Waals surface area contributed by atoms with Crippen LogP contribution in [0.5, 0.6) is 11.5 Å². The second-order valence-corrected chi connectivity index (χ2v) is 7.13. The molecule has 2 aromatic carbocycles. The SMILES string of the molecule is COc1cc(N)c(C(=O)N[C@H](C)[C@](O)(Cn2cncn2)c2ccc(F)cc2F)cc1OC. The summed E-state index contributed by atoms with van der Waals surface area (Å²) >= 11 is 0. The highest BCUT2D eigenvalue weighted by molar-refractivity contribution is 6.00. The highest BCUT2D eigenvalue weighted by atomic mass is 19.1. The summed E-state index contributed by atoms with van der Waals surface area (Å²) in [6, 6.07) is 4.56. The van der Waals surface area contributed by atoms with Crippen LogP contribution >= 0.6 is 0 Å². The number of nitrogens with two attached hydrogens (primary N) is 1. The maximum atomic E-state index is 14.6. The van der Waals surface area contributed by atoms with Crippen molar-refractivity contribution in [3.8, 4) is 11.5 Å². The van der Waals surface area contributed by atoms with E-state index in [-0.39, 0.29) is 29.1 Å². The van der Waals surface area contributed by atoms with Gasteiger partial charge in [0.05, 0.1) is 32.4 Å². The number of hydrogen-bond donors (Lipinski definition) is 3. The number of hydrogen-bond acceptors (Lipinski definition) is 7. The lowest BCUT2D eigenvalue weighted by molar-refractivity contribution is -0.0186. The Bertz CT molecular complexity index is 1110. The number of nitrogens with one attached hydrogen (secondary N) is 1. The zero-order chi connectivity index (χ0) is 23.5. The van der Waals surface area contributed by atoms with E-state index in [9.17, 15) is 18.7 Å². The molecule has 0 bridgehead atoms. The van der Waals surface area contributed by atoms with Crippen molar-refractivity contribution >= 4 is 11.6 Å². The number of benzene rings is 2. The molecule has 0 aliphatic rings. The smallest absolute Gasteiger partial charge is 0.253 e. The molecule has 1 amide bonds. The van der Waals surface area contributed by atoms with Crippen molar-refractivity contribution in [2.45, 2.75) is 25.1 Å². The highest BCUT2D eigenvalue weighted by Gasteiger charge is 2.40. The Morgan fingerprint density at radius 3 is 2.53 bits per heavy atom. The molecule has 11 heteroatoms. The standard InChI is InChI=1S/C21H23F2N5O4/c1-12(27-20(29)14-7-18(31-2)19(32-3)8-17(14)24)21(30,9-28-11-25-10-26-28)15-5-4-13(22)6-16(15)23/h4-8,10-12,30H,9,24H2,1-3H3,(H,27,29)/t12-,21-/m1/s1. The fourth-order valence-electron chi connectivity index (χ4n) is 3.34. The Kier molecular flexibility index (Phi) is 6.58. The monoisotopic (exact) mass is 447 g/mol. The van der Waals surface area contributed by atoms with Gasteiger partial charge < -0.3 is 25.6 Å². The zero-order valence-corrected chi connectivity index (χ0v) is 17.7. The van der Waals surface area contributed by atoms with E-state index in [2.05, 4.69) is 15.4 Å². The summed E-state index contributed by atoms with van der Waals surface area (Å²) in [5, 5.41) is 18.1. The van der Waals surface area contributed by atoms with Crippen LogP contribution < -0.4 is 20.5 Å². The number of nitrogen functional groups attached to an aromatic ring is 1. The molecule has 3 aromatic rings. The van der Waals surface area contributed by atoms with Crippen LogP contribution in [0.1, 0.15) is 22.8 Å². The van der Waals surface area contributed by atoms with E-state index in [1.54, 1.807) is 0 Å². The summed E-state index contributed by atoms with van der Waals surface area (Å²) in [5.41, 5.74) is 3.94. The van der Waals surface area contributed by atoms with Crippen molar-refractivity contribution in [2.24, 2.45) is 0 Å². The van der Waals surface area contributed by atoms with E-state index >= 15 is 0 Å². The van der Waals surface area contributed by atoms with Crippen molar-refractivity contribution in [3.63, 3.8) is 0 Å². The third-order valence-corrected chi connectivity index (χ3v) is 5.13. The molecule has 0 saturated carbocycles. The van der Waals surface area contributed by atoms with E-state index in [0.29, 0.717) is 11.8 Å². The second-order valence-electron chi connectivity index (χ2n) is 7.13. The number of halogens is 2. The number of nitrogens with zero attached hydrogens (tertiary/aromatic N) is 3. The summed E-state index contributed by atoms with van der Waals surface area (Å²) in [4.78, 5) is 16.8. The van der Waals surface area contributed by atoms with Gasteiger partial charge in [-0.05, 0) is 19.1 Å². The van der Waals surface area contributed by atoms with Crippen LogP contribution in [0.3, 0.4) is 0 Å². The van der Waals surface area contributed by atoms with E-state index < -0.39 is 29.2 Å². The second kappa shape index (κ2) is 9.18. The Morgan fingerprint density at radius 2 is 1.94 bits per heavy atom. The van der Waals surface area contributed by atoms with Gasteiger partial charge in [0.2, 0.25) is 0 Å². The van der Waals surface area contributed by atoms with E-state index in [1.165, 1.54) is 50.6 Å². The number of carbonyl (C=O) groups excluding carboxylic acids is 1. The molecule has 170 valence electrons. The molecule has 4 N–H and O–H groups in total. The summed E-state index contributed by atoms with van der Waals surface area (Å²) in [5.74, 6) is -1.80. The van der Waals surface area contributed by atoms with Gasteiger partial charge in [0.25, 0.3) is 5.91 Å². The molecule has 0 unspecified atom stereocenters. The van der Waals surface area contributed by atoms with Crippen LogP contribution in [0.15, 0.2) is 43.0 Å². The van der Waals surface area contributed by atoms with Gasteiger partial charge in [0.15, 0.2) is 11.5 Å². The first-order valence-electron chi connectivity index (χ1n) is 9.52. The molecular weight excluding hydrogens is 424 g/mol. The third kappa shape index (κ3) is 4.47. The molecule has 1 heterocycles. The maximum Gasteiger partial charge on any atom is 0.253 e. The van der Waals surface area contributed by atoms with Crippen molar-refractivity contribution in [1.82, 2.24) is 20.1 Å². The lowest BCUT2D eigenvalue weighted by Gasteiger charge is -2.35. The molecule has 0 radical (unpaired) electrons. The van der Waals surface area contributed by atoms with Crippen LogP contribution in [0.4, 0.5) is 14.5 Å². The number of amides is 1. The number of anilines is 1. The van der Waals surface area contributed by atoms with Crippen molar-refractivity contribution in [2.75, 3.05) is 20.0 Å². The van der Waals surface area contributed by atoms with Gasteiger partial charge in [-0.3, -0.25) is 4.79 Å². The molecular formula is C21H23F2N5O4. The molecule has 0 aliphatic heterocycles. The first-order valence-corrected chi connectivity index (χ1v) is 9.52. The average Bonchev–Trinajstić information content (AvgIpc) is 3.25. The molecule has 9 nitrogen and oxygen atoms in total. The van der Waals surface area contributed by atoms with E-state index in [4.69, 9.17) is 15.2 Å². The number of rotatable bonds is 8. The fraction of sp³-hybridized carbons (Fsp3) is 0.286. The predicted octanol–water partition coefficient (Wildman–Crippen LogP) is 1.86. The highest BCUT2D eigenvalue weighted by Crippen LogP contribution is 2.33. The number of ether oxygens (including phenoxy) is 2. The predicted molar refractivity (Wildman–Crippen MR) is 111 cm³/mol. The van der Waals surface area contributed by atoms with E-state index in [1.807, 2.05) is 0 Å². The number of aromatic nitrogens is 3. The van der Waals surface area contributed by atoms with Crippen LogP contribution in [0.2, 0.25) is 0 Å². The zero-order valence-electron chi connectivity index (χ0n) is 17.7. The molecule has 0 saturated heterocycles. The number of carbonyl (C=O) groups is 1. The molecule has 1 aromatic heterocycles. The van der Waals surface area contributed by atoms with Gasteiger partial charge in [-0.2, -0.15) is 5.10 Å². The molecule has 32 heavy (non-hydrogen) atoms. The largest absolute Gasteiger partial charge is 0.493 e. The van der Waals surface area contributed by atoms with Gasteiger partial charge in [-0.25, -0.2) is 18.4 Å². The number of aliphatic hydroxyl groups is 1. The lowest BCUT2D eigenvalue weighted by Crippen LogP contribution is -2.52. The Hall–Kier alpha value is -3.73. The van der Waals surface area contributed by atoms with Crippen molar-refractivity contribution in [3.05, 3.63) is 65.7 Å². The molecule has 0 fully saturated rings. The van der Waals surface area contributed by atoms with Crippen LogP contribution in [0.25, 0.3) is 0 Å². The summed E-state index contributed by atoms with van der Waals surface area (Å²) in [7, 11) is 2.84.